The van der Waals surface area contributed by atoms with Crippen LogP contribution in [0.4, 0.5) is 0 Å². The molecule has 5 nitrogen and oxygen atoms in total. The highest BCUT2D eigenvalue weighted by Gasteiger charge is 2.07. The third-order valence-electron chi connectivity index (χ3n) is 2.41. The van der Waals surface area contributed by atoms with Gasteiger partial charge in [-0.1, -0.05) is 6.07 Å². The summed E-state index contributed by atoms with van der Waals surface area (Å²) in [6, 6.07) is 6.80. The average molecular weight is 339 g/mol. The molecule has 106 valence electrons. The number of ether oxygens (including phenoxy) is 1. The van der Waals surface area contributed by atoms with Crippen molar-refractivity contribution in [3.05, 3.63) is 33.8 Å². The highest BCUT2D eigenvalue weighted by Crippen LogP contribution is 2.26. The second-order valence-corrected chi connectivity index (χ2v) is 5.17. The van der Waals surface area contributed by atoms with Crippen LogP contribution in [0.3, 0.4) is 0 Å². The van der Waals surface area contributed by atoms with Crippen LogP contribution in [-0.4, -0.2) is 43.2 Å². The molecular formula is C14H15BrN2O3. The fourth-order valence-electron chi connectivity index (χ4n) is 1.37. The summed E-state index contributed by atoms with van der Waals surface area (Å²) in [4.78, 5) is 12.8. The van der Waals surface area contributed by atoms with Crippen molar-refractivity contribution in [1.82, 2.24) is 4.90 Å². The minimum Gasteiger partial charge on any atom is -0.491 e. The van der Waals surface area contributed by atoms with Gasteiger partial charge in [0, 0.05) is 6.54 Å². The normalized spacial score (nSPS) is 11.2. The van der Waals surface area contributed by atoms with Crippen molar-refractivity contribution in [2.45, 2.75) is 0 Å². The highest BCUT2D eigenvalue weighted by molar-refractivity contribution is 9.10. The highest BCUT2D eigenvalue weighted by atomic mass is 79.9. The molecule has 1 aromatic carbocycles. The number of hydrogen-bond donors (Lipinski definition) is 1. The Bertz CT molecular complexity index is 562. The first-order chi connectivity index (χ1) is 9.43. The molecule has 0 spiro atoms. The van der Waals surface area contributed by atoms with E-state index in [1.54, 1.807) is 24.3 Å². The summed E-state index contributed by atoms with van der Waals surface area (Å²) in [6.07, 6.45) is 1.32. The fraction of sp³-hybridized carbons (Fsp3) is 0.286. The molecule has 1 N–H and O–H groups in total. The Morgan fingerprint density at radius 3 is 2.75 bits per heavy atom. The van der Waals surface area contributed by atoms with Crippen molar-refractivity contribution >= 4 is 28.0 Å². The Labute approximate surface area is 126 Å². The van der Waals surface area contributed by atoms with E-state index >= 15 is 0 Å². The van der Waals surface area contributed by atoms with Crippen LogP contribution in [0.2, 0.25) is 0 Å². The number of aliphatic carboxylic acids is 1. The van der Waals surface area contributed by atoms with Gasteiger partial charge in [0.15, 0.2) is 0 Å². The summed E-state index contributed by atoms with van der Waals surface area (Å²) < 4.78 is 6.31. The lowest BCUT2D eigenvalue weighted by Crippen LogP contribution is -2.19. The monoisotopic (exact) mass is 338 g/mol. The Morgan fingerprint density at radius 1 is 1.55 bits per heavy atom. The molecule has 0 aromatic heterocycles. The Hall–Kier alpha value is -1.84. The van der Waals surface area contributed by atoms with Gasteiger partial charge in [-0.05, 0) is 53.8 Å². The largest absolute Gasteiger partial charge is 0.491 e. The molecule has 0 aliphatic carbocycles. The van der Waals surface area contributed by atoms with Crippen LogP contribution in [0.15, 0.2) is 28.2 Å². The first-order valence-corrected chi connectivity index (χ1v) is 6.65. The molecule has 1 rings (SSSR count). The van der Waals surface area contributed by atoms with E-state index in [0.717, 1.165) is 6.54 Å². The van der Waals surface area contributed by atoms with E-state index in [9.17, 15) is 4.79 Å². The van der Waals surface area contributed by atoms with Crippen molar-refractivity contribution in [3.8, 4) is 11.8 Å². The van der Waals surface area contributed by atoms with Crippen molar-refractivity contribution in [2.75, 3.05) is 27.2 Å². The zero-order chi connectivity index (χ0) is 15.1. The number of nitrogens with zero attached hydrogens (tertiary/aromatic N) is 2. The molecule has 0 aliphatic rings. The number of hydrogen-bond acceptors (Lipinski definition) is 4. The minimum atomic E-state index is -1.24. The third-order valence-corrected chi connectivity index (χ3v) is 3.03. The number of nitriles is 1. The number of halogens is 1. The quantitative estimate of drug-likeness (QED) is 0.636. The van der Waals surface area contributed by atoms with Crippen LogP contribution >= 0.6 is 15.9 Å². The number of rotatable bonds is 6. The van der Waals surface area contributed by atoms with E-state index < -0.39 is 5.97 Å². The van der Waals surface area contributed by atoms with Gasteiger partial charge in [0.2, 0.25) is 0 Å². The predicted octanol–water partition coefficient (Wildman–Crippen LogP) is 2.38. The standard InChI is InChI=1S/C14H15BrN2O3/c1-17(2)5-6-20-13-4-3-10(8-12(13)15)7-11(9-16)14(18)19/h3-4,7-8H,5-6H2,1-2H3,(H,18,19). The molecule has 6 heteroatoms. The van der Waals surface area contributed by atoms with Crippen molar-refractivity contribution in [2.24, 2.45) is 0 Å². The van der Waals surface area contributed by atoms with Gasteiger partial charge in [-0.25, -0.2) is 4.79 Å². The Morgan fingerprint density at radius 2 is 2.25 bits per heavy atom. The van der Waals surface area contributed by atoms with Crippen LogP contribution in [0.1, 0.15) is 5.56 Å². The maximum Gasteiger partial charge on any atom is 0.346 e. The summed E-state index contributed by atoms with van der Waals surface area (Å²) >= 11 is 3.37. The number of carboxylic acids is 1. The molecule has 0 heterocycles. The molecule has 0 atom stereocenters. The van der Waals surface area contributed by atoms with Crippen molar-refractivity contribution in [1.29, 1.82) is 5.26 Å². The number of carboxylic acid groups (broad SMARTS) is 1. The summed E-state index contributed by atoms with van der Waals surface area (Å²) in [7, 11) is 3.92. The van der Waals surface area contributed by atoms with Crippen molar-refractivity contribution in [3.63, 3.8) is 0 Å². The summed E-state index contributed by atoms with van der Waals surface area (Å²) in [6.45, 7) is 1.35. The van der Waals surface area contributed by atoms with Gasteiger partial charge in [0.05, 0.1) is 4.47 Å². The second-order valence-electron chi connectivity index (χ2n) is 4.32. The zero-order valence-corrected chi connectivity index (χ0v) is 12.8. The fourth-order valence-corrected chi connectivity index (χ4v) is 1.88. The summed E-state index contributed by atoms with van der Waals surface area (Å²) in [5.41, 5.74) is 0.314. The molecular weight excluding hydrogens is 324 g/mol. The van der Waals surface area contributed by atoms with Gasteiger partial charge in [-0.3, -0.25) is 0 Å². The topological polar surface area (TPSA) is 73.6 Å². The summed E-state index contributed by atoms with van der Waals surface area (Å²) in [5, 5.41) is 17.5. The van der Waals surface area contributed by atoms with Gasteiger partial charge in [0.25, 0.3) is 0 Å². The average Bonchev–Trinajstić information content (AvgIpc) is 2.37. The molecule has 0 aliphatic heterocycles. The van der Waals surface area contributed by atoms with Gasteiger partial charge in [-0.2, -0.15) is 5.26 Å². The molecule has 0 radical (unpaired) electrons. The maximum atomic E-state index is 10.8. The lowest BCUT2D eigenvalue weighted by molar-refractivity contribution is -0.132. The van der Waals surface area contributed by atoms with Crippen molar-refractivity contribution < 1.29 is 14.6 Å². The van der Waals surface area contributed by atoms with Crippen LogP contribution in [0.5, 0.6) is 5.75 Å². The van der Waals surface area contributed by atoms with E-state index in [2.05, 4.69) is 15.9 Å². The maximum absolute atomic E-state index is 10.8. The van der Waals surface area contributed by atoms with Gasteiger partial charge >= 0.3 is 5.97 Å². The summed E-state index contributed by atoms with van der Waals surface area (Å²) in [5.74, 6) is -0.562. The number of benzene rings is 1. The molecule has 0 amide bonds. The van der Waals surface area contributed by atoms with E-state index in [4.69, 9.17) is 15.1 Å². The first kappa shape index (κ1) is 16.2. The van der Waals surface area contributed by atoms with Crippen LogP contribution < -0.4 is 4.74 Å². The van der Waals surface area contributed by atoms with Crippen LogP contribution in [-0.2, 0) is 4.79 Å². The van der Waals surface area contributed by atoms with E-state index in [1.807, 2.05) is 19.0 Å². The molecule has 0 unspecified atom stereocenters. The SMILES string of the molecule is CN(C)CCOc1ccc(C=C(C#N)C(=O)O)cc1Br. The van der Waals surface area contributed by atoms with Crippen LogP contribution in [0, 0.1) is 11.3 Å². The molecule has 0 saturated carbocycles. The van der Waals surface area contributed by atoms with E-state index in [0.29, 0.717) is 22.4 Å². The lowest BCUT2D eigenvalue weighted by Gasteiger charge is -2.12. The van der Waals surface area contributed by atoms with Gasteiger partial charge in [-0.15, -0.1) is 0 Å². The van der Waals surface area contributed by atoms with E-state index in [-0.39, 0.29) is 5.57 Å². The van der Waals surface area contributed by atoms with Gasteiger partial charge < -0.3 is 14.7 Å². The molecule has 0 saturated heterocycles. The Kier molecular flexibility index (Phi) is 6.22. The second kappa shape index (κ2) is 7.68. The molecule has 0 fully saturated rings. The Balaban J connectivity index is 2.83. The van der Waals surface area contributed by atoms with Crippen LogP contribution in [0.25, 0.3) is 6.08 Å². The smallest absolute Gasteiger partial charge is 0.346 e. The zero-order valence-electron chi connectivity index (χ0n) is 11.3. The molecule has 20 heavy (non-hydrogen) atoms. The van der Waals surface area contributed by atoms with E-state index in [1.165, 1.54) is 6.08 Å². The molecule has 1 aromatic rings. The first-order valence-electron chi connectivity index (χ1n) is 5.86. The minimum absolute atomic E-state index is 0.307. The lowest BCUT2D eigenvalue weighted by atomic mass is 10.1. The predicted molar refractivity (Wildman–Crippen MR) is 79.4 cm³/mol. The van der Waals surface area contributed by atoms with Gasteiger partial charge in [0.1, 0.15) is 24.0 Å². The molecule has 0 bridgehead atoms. The third kappa shape index (κ3) is 5.03. The number of likely N-dealkylation sites (N-methyl/N-ethyl adjacent to an activating group) is 1. The number of carbonyl (C=O) groups is 1.